The van der Waals surface area contributed by atoms with Crippen LogP contribution in [-0.2, 0) is 16.1 Å². The lowest BCUT2D eigenvalue weighted by molar-refractivity contribution is -0.155. The quantitative estimate of drug-likeness (QED) is 0.810. The second kappa shape index (κ2) is 6.42. The first-order valence-electron chi connectivity index (χ1n) is 8.61. The highest BCUT2D eigenvalue weighted by molar-refractivity contribution is 5.79. The van der Waals surface area contributed by atoms with Crippen LogP contribution in [0.1, 0.15) is 40.5 Å². The monoisotopic (exact) mass is 330 g/mol. The summed E-state index contributed by atoms with van der Waals surface area (Å²) in [7, 11) is 0. The van der Waals surface area contributed by atoms with E-state index in [-0.39, 0.29) is 12.5 Å². The molecular formula is C18H26N4O2. The zero-order valence-electron chi connectivity index (χ0n) is 15.0. The van der Waals surface area contributed by atoms with Crippen LogP contribution in [0.2, 0.25) is 0 Å². The summed E-state index contributed by atoms with van der Waals surface area (Å²) < 4.78 is 7.00. The van der Waals surface area contributed by atoms with Crippen molar-refractivity contribution in [2.45, 2.75) is 52.7 Å². The molecule has 0 aliphatic carbocycles. The fourth-order valence-corrected chi connectivity index (χ4v) is 2.97. The summed E-state index contributed by atoms with van der Waals surface area (Å²) in [6.07, 6.45) is 4.13. The second-order valence-electron chi connectivity index (χ2n) is 7.64. The molecule has 1 fully saturated rings. The highest BCUT2D eigenvalue weighted by atomic mass is 16.6. The van der Waals surface area contributed by atoms with E-state index in [0.29, 0.717) is 0 Å². The molecule has 0 unspecified atom stereocenters. The lowest BCUT2D eigenvalue weighted by Gasteiger charge is -2.31. The Balaban J connectivity index is 1.80. The number of rotatable bonds is 3. The van der Waals surface area contributed by atoms with E-state index in [9.17, 15) is 4.79 Å². The van der Waals surface area contributed by atoms with E-state index in [2.05, 4.69) is 16.9 Å². The summed E-state index contributed by atoms with van der Waals surface area (Å²) in [6, 6.07) is 4.06. The number of hydrogen-bond acceptors (Lipinski definition) is 5. The third-order valence-corrected chi connectivity index (χ3v) is 4.28. The maximum absolute atomic E-state index is 12.1. The van der Waals surface area contributed by atoms with Gasteiger partial charge in [0.1, 0.15) is 18.0 Å². The maximum atomic E-state index is 12.1. The molecule has 0 spiro atoms. The van der Waals surface area contributed by atoms with Crippen LogP contribution < -0.4 is 4.90 Å². The van der Waals surface area contributed by atoms with Crippen LogP contribution in [0.15, 0.2) is 18.3 Å². The maximum Gasteiger partial charge on any atom is 0.328 e. The van der Waals surface area contributed by atoms with Crippen LogP contribution in [0.4, 0.5) is 5.82 Å². The first kappa shape index (κ1) is 16.7. The first-order chi connectivity index (χ1) is 11.3. The number of anilines is 1. The Morgan fingerprint density at radius 1 is 1.29 bits per heavy atom. The Hall–Kier alpha value is -2.11. The van der Waals surface area contributed by atoms with Crippen molar-refractivity contribution in [2.75, 3.05) is 18.0 Å². The molecule has 24 heavy (non-hydrogen) atoms. The number of pyridine rings is 1. The van der Waals surface area contributed by atoms with Gasteiger partial charge in [-0.05, 0) is 51.7 Å². The number of carbonyl (C=O) groups is 1. The molecule has 130 valence electrons. The summed E-state index contributed by atoms with van der Waals surface area (Å²) in [4.78, 5) is 19.1. The average Bonchev–Trinajstić information content (AvgIpc) is 2.88. The third kappa shape index (κ3) is 3.86. The summed E-state index contributed by atoms with van der Waals surface area (Å²) in [5, 5.41) is 5.24. The van der Waals surface area contributed by atoms with Gasteiger partial charge in [-0.3, -0.25) is 4.79 Å². The Kier molecular flexibility index (Phi) is 4.47. The number of nitrogens with zero attached hydrogens (tertiary/aromatic N) is 4. The van der Waals surface area contributed by atoms with Gasteiger partial charge in [0.15, 0.2) is 5.65 Å². The summed E-state index contributed by atoms with van der Waals surface area (Å²) in [5.41, 5.74) is 0.236. The van der Waals surface area contributed by atoms with Gasteiger partial charge in [-0.15, -0.1) is 0 Å². The molecule has 2 aromatic rings. The molecule has 1 aliphatic rings. The van der Waals surface area contributed by atoms with Gasteiger partial charge in [0.2, 0.25) is 0 Å². The standard InChI is InChI=1S/C18H26N4O2/c1-13-7-9-21(10-8-13)15-6-5-14-11-19-22(17(14)20-15)12-16(23)24-18(2,3)4/h5-6,11,13H,7-10,12H2,1-4H3. The van der Waals surface area contributed by atoms with Crippen molar-refractivity contribution in [1.82, 2.24) is 14.8 Å². The van der Waals surface area contributed by atoms with Gasteiger partial charge in [-0.2, -0.15) is 5.10 Å². The normalized spacial score (nSPS) is 16.6. The SMILES string of the molecule is CC1CCN(c2ccc3cnn(CC(=O)OC(C)(C)C)c3n2)CC1. The van der Waals surface area contributed by atoms with Gasteiger partial charge >= 0.3 is 5.97 Å². The van der Waals surface area contributed by atoms with Crippen LogP contribution in [0.5, 0.6) is 0 Å². The van der Waals surface area contributed by atoms with E-state index in [0.717, 1.165) is 35.9 Å². The van der Waals surface area contributed by atoms with E-state index in [1.807, 2.05) is 32.9 Å². The molecule has 1 aliphatic heterocycles. The Morgan fingerprint density at radius 2 is 2.00 bits per heavy atom. The van der Waals surface area contributed by atoms with Gasteiger partial charge < -0.3 is 9.64 Å². The van der Waals surface area contributed by atoms with E-state index < -0.39 is 5.60 Å². The molecule has 1 saturated heterocycles. The second-order valence-corrected chi connectivity index (χ2v) is 7.64. The minimum atomic E-state index is -0.497. The Morgan fingerprint density at radius 3 is 2.67 bits per heavy atom. The van der Waals surface area contributed by atoms with Gasteiger partial charge in [-0.1, -0.05) is 6.92 Å². The minimum Gasteiger partial charge on any atom is -0.459 e. The molecular weight excluding hydrogens is 304 g/mol. The van der Waals surface area contributed by atoms with Crippen molar-refractivity contribution in [3.05, 3.63) is 18.3 Å². The number of carbonyl (C=O) groups excluding carboxylic acids is 1. The highest BCUT2D eigenvalue weighted by Gasteiger charge is 2.20. The van der Waals surface area contributed by atoms with Crippen molar-refractivity contribution in [1.29, 1.82) is 0 Å². The minimum absolute atomic E-state index is 0.0776. The van der Waals surface area contributed by atoms with Crippen LogP contribution >= 0.6 is 0 Å². The zero-order chi connectivity index (χ0) is 17.3. The van der Waals surface area contributed by atoms with E-state index in [4.69, 9.17) is 9.72 Å². The fraction of sp³-hybridized carbons (Fsp3) is 0.611. The van der Waals surface area contributed by atoms with E-state index in [1.54, 1.807) is 10.9 Å². The summed E-state index contributed by atoms with van der Waals surface area (Å²) in [5.74, 6) is 1.44. The summed E-state index contributed by atoms with van der Waals surface area (Å²) in [6.45, 7) is 10.0. The molecule has 6 nitrogen and oxygen atoms in total. The molecule has 6 heteroatoms. The summed E-state index contributed by atoms with van der Waals surface area (Å²) >= 11 is 0. The number of hydrogen-bond donors (Lipinski definition) is 0. The predicted octanol–water partition coefficient (Wildman–Crippen LogP) is 3.01. The van der Waals surface area contributed by atoms with Crippen molar-refractivity contribution in [3.63, 3.8) is 0 Å². The molecule has 0 atom stereocenters. The van der Waals surface area contributed by atoms with Crippen LogP contribution in [0.3, 0.4) is 0 Å². The molecule has 0 N–H and O–H groups in total. The fourth-order valence-electron chi connectivity index (χ4n) is 2.97. The third-order valence-electron chi connectivity index (χ3n) is 4.28. The number of piperidine rings is 1. The molecule has 0 bridgehead atoms. The molecule has 3 rings (SSSR count). The van der Waals surface area contributed by atoms with Gasteiger partial charge in [0.25, 0.3) is 0 Å². The van der Waals surface area contributed by atoms with Gasteiger partial charge in [0, 0.05) is 18.5 Å². The van der Waals surface area contributed by atoms with Gasteiger partial charge in [-0.25, -0.2) is 9.67 Å². The van der Waals surface area contributed by atoms with Crippen LogP contribution in [0.25, 0.3) is 11.0 Å². The number of ether oxygens (including phenoxy) is 1. The average molecular weight is 330 g/mol. The lowest BCUT2D eigenvalue weighted by atomic mass is 9.99. The number of fused-ring (bicyclic) bond motifs is 1. The highest BCUT2D eigenvalue weighted by Crippen LogP contribution is 2.23. The molecule has 2 aromatic heterocycles. The molecule has 0 saturated carbocycles. The number of esters is 1. The van der Waals surface area contributed by atoms with Crippen molar-refractivity contribution in [3.8, 4) is 0 Å². The molecule has 0 amide bonds. The first-order valence-corrected chi connectivity index (χ1v) is 8.61. The Bertz CT molecular complexity index is 724. The van der Waals surface area contributed by atoms with Crippen LogP contribution in [-0.4, -0.2) is 39.4 Å². The topological polar surface area (TPSA) is 60.2 Å². The smallest absolute Gasteiger partial charge is 0.328 e. The van der Waals surface area contributed by atoms with E-state index >= 15 is 0 Å². The Labute approximate surface area is 142 Å². The van der Waals surface area contributed by atoms with Crippen LogP contribution in [0, 0.1) is 5.92 Å². The number of aromatic nitrogens is 3. The largest absolute Gasteiger partial charge is 0.459 e. The predicted molar refractivity (Wildman–Crippen MR) is 94.0 cm³/mol. The van der Waals surface area contributed by atoms with Crippen molar-refractivity contribution >= 4 is 22.8 Å². The lowest BCUT2D eigenvalue weighted by Crippen LogP contribution is -2.33. The molecule has 0 aromatic carbocycles. The van der Waals surface area contributed by atoms with Gasteiger partial charge in [0.05, 0.1) is 6.20 Å². The molecule has 0 radical (unpaired) electrons. The zero-order valence-corrected chi connectivity index (χ0v) is 15.0. The molecule has 3 heterocycles. The van der Waals surface area contributed by atoms with Crippen molar-refractivity contribution < 1.29 is 9.53 Å². The van der Waals surface area contributed by atoms with Crippen molar-refractivity contribution in [2.24, 2.45) is 5.92 Å². The van der Waals surface area contributed by atoms with E-state index in [1.165, 1.54) is 12.8 Å².